The van der Waals surface area contributed by atoms with Gasteiger partial charge in [0.15, 0.2) is 0 Å². The average molecular weight is 235 g/mol. The van der Waals surface area contributed by atoms with E-state index in [1.807, 2.05) is 19.2 Å². The Morgan fingerprint density at radius 1 is 1.59 bits per heavy atom. The number of nitrogens with one attached hydrogen (secondary N) is 1. The van der Waals surface area contributed by atoms with E-state index in [2.05, 4.69) is 22.2 Å². The molecule has 1 atom stereocenters. The van der Waals surface area contributed by atoms with Gasteiger partial charge in [-0.2, -0.15) is 0 Å². The topological polar surface area (TPSA) is 37.4 Å². The monoisotopic (exact) mass is 235 g/mol. The predicted octanol–water partition coefficient (Wildman–Crippen LogP) is 1.99. The van der Waals surface area contributed by atoms with Gasteiger partial charge in [0.25, 0.3) is 0 Å². The van der Waals surface area contributed by atoms with Crippen LogP contribution in [0, 0.1) is 0 Å². The number of ether oxygens (including phenoxy) is 1. The zero-order chi connectivity index (χ0) is 12.1. The maximum absolute atomic E-state index is 5.75. The van der Waals surface area contributed by atoms with Crippen molar-refractivity contribution in [3.05, 3.63) is 18.3 Å². The van der Waals surface area contributed by atoms with Crippen molar-refractivity contribution in [1.82, 2.24) is 9.88 Å². The van der Waals surface area contributed by atoms with Crippen LogP contribution < -0.4 is 10.1 Å². The Balaban J connectivity index is 1.77. The van der Waals surface area contributed by atoms with Crippen LogP contribution in [0.25, 0.3) is 0 Å². The van der Waals surface area contributed by atoms with Crippen LogP contribution in [0.3, 0.4) is 0 Å². The number of nitrogens with zero attached hydrogens (tertiary/aromatic N) is 2. The molecule has 1 N–H and O–H groups in total. The van der Waals surface area contributed by atoms with Gasteiger partial charge in [0.2, 0.25) is 0 Å². The van der Waals surface area contributed by atoms with Crippen molar-refractivity contribution in [3.8, 4) is 5.75 Å². The number of anilines is 1. The first-order valence-electron chi connectivity index (χ1n) is 6.26. The normalized spacial score (nSPS) is 20.5. The number of likely N-dealkylation sites (tertiary alicyclic amines) is 1. The summed E-state index contributed by atoms with van der Waals surface area (Å²) < 4.78 is 5.75. The smallest absolute Gasteiger partial charge is 0.129 e. The fraction of sp³-hybridized carbons (Fsp3) is 0.615. The van der Waals surface area contributed by atoms with Crippen LogP contribution in [0.5, 0.6) is 5.75 Å². The van der Waals surface area contributed by atoms with Gasteiger partial charge in [0.1, 0.15) is 11.6 Å². The standard InChI is InChI=1S/C13H21N3O/c1-14-13-10-12(5-7-15-13)17-9-6-11-4-3-8-16(11)2/h5,7,10-11H,3-4,6,8-9H2,1-2H3,(H,14,15). The molecule has 0 aromatic carbocycles. The molecule has 0 amide bonds. The molecule has 1 unspecified atom stereocenters. The molecule has 0 aliphatic carbocycles. The zero-order valence-corrected chi connectivity index (χ0v) is 10.6. The van der Waals surface area contributed by atoms with Crippen LogP contribution in [0.2, 0.25) is 0 Å². The highest BCUT2D eigenvalue weighted by Crippen LogP contribution is 2.19. The maximum atomic E-state index is 5.75. The van der Waals surface area contributed by atoms with Crippen molar-refractivity contribution in [2.75, 3.05) is 32.6 Å². The molecule has 2 rings (SSSR count). The van der Waals surface area contributed by atoms with Crippen molar-refractivity contribution >= 4 is 5.82 Å². The van der Waals surface area contributed by atoms with Crippen LogP contribution in [-0.2, 0) is 0 Å². The van der Waals surface area contributed by atoms with Crippen LogP contribution in [0.4, 0.5) is 5.82 Å². The summed E-state index contributed by atoms with van der Waals surface area (Å²) >= 11 is 0. The molecule has 0 spiro atoms. The molecule has 1 aliphatic rings. The Labute approximate surface area is 103 Å². The molecule has 94 valence electrons. The molecule has 17 heavy (non-hydrogen) atoms. The highest BCUT2D eigenvalue weighted by atomic mass is 16.5. The summed E-state index contributed by atoms with van der Waals surface area (Å²) in [7, 11) is 4.06. The summed E-state index contributed by atoms with van der Waals surface area (Å²) in [6.45, 7) is 2.01. The molecule has 0 bridgehead atoms. The lowest BCUT2D eigenvalue weighted by atomic mass is 10.1. The first-order valence-corrected chi connectivity index (χ1v) is 6.26. The van der Waals surface area contributed by atoms with E-state index in [1.165, 1.54) is 19.4 Å². The number of hydrogen-bond acceptors (Lipinski definition) is 4. The van der Waals surface area contributed by atoms with Crippen molar-refractivity contribution in [2.45, 2.75) is 25.3 Å². The van der Waals surface area contributed by atoms with Crippen molar-refractivity contribution in [2.24, 2.45) is 0 Å². The average Bonchev–Trinajstić information content (AvgIpc) is 2.76. The van der Waals surface area contributed by atoms with Crippen molar-refractivity contribution in [3.63, 3.8) is 0 Å². The largest absolute Gasteiger partial charge is 0.493 e. The molecule has 4 heteroatoms. The highest BCUT2D eigenvalue weighted by molar-refractivity contribution is 5.39. The third kappa shape index (κ3) is 3.33. The van der Waals surface area contributed by atoms with E-state index in [4.69, 9.17) is 4.74 Å². The van der Waals surface area contributed by atoms with Crippen LogP contribution in [-0.4, -0.2) is 43.2 Å². The Hall–Kier alpha value is -1.29. The zero-order valence-electron chi connectivity index (χ0n) is 10.6. The van der Waals surface area contributed by atoms with E-state index in [0.29, 0.717) is 6.04 Å². The summed E-state index contributed by atoms with van der Waals surface area (Å²) in [6, 6.07) is 4.53. The van der Waals surface area contributed by atoms with E-state index >= 15 is 0 Å². The lowest BCUT2D eigenvalue weighted by Crippen LogP contribution is -2.26. The minimum Gasteiger partial charge on any atom is -0.493 e. The third-order valence-electron chi connectivity index (χ3n) is 3.38. The van der Waals surface area contributed by atoms with E-state index in [0.717, 1.165) is 24.6 Å². The van der Waals surface area contributed by atoms with Gasteiger partial charge in [0.05, 0.1) is 6.61 Å². The van der Waals surface area contributed by atoms with Crippen LogP contribution in [0.15, 0.2) is 18.3 Å². The van der Waals surface area contributed by atoms with Gasteiger partial charge in [-0.25, -0.2) is 4.98 Å². The van der Waals surface area contributed by atoms with Crippen LogP contribution >= 0.6 is 0 Å². The van der Waals surface area contributed by atoms with E-state index in [-0.39, 0.29) is 0 Å². The molecule has 4 nitrogen and oxygen atoms in total. The summed E-state index contributed by atoms with van der Waals surface area (Å²) in [4.78, 5) is 6.58. The van der Waals surface area contributed by atoms with E-state index in [1.54, 1.807) is 6.20 Å². The van der Waals surface area contributed by atoms with E-state index in [9.17, 15) is 0 Å². The molecule has 1 aromatic rings. The van der Waals surface area contributed by atoms with Gasteiger partial charge in [-0.3, -0.25) is 0 Å². The molecule has 1 fully saturated rings. The molecule has 0 radical (unpaired) electrons. The quantitative estimate of drug-likeness (QED) is 0.847. The Bertz CT molecular complexity index is 356. The van der Waals surface area contributed by atoms with Crippen molar-refractivity contribution in [1.29, 1.82) is 0 Å². The second-order valence-electron chi connectivity index (χ2n) is 4.54. The van der Waals surface area contributed by atoms with Gasteiger partial charge >= 0.3 is 0 Å². The number of aromatic nitrogens is 1. The van der Waals surface area contributed by atoms with Gasteiger partial charge < -0.3 is 15.0 Å². The fourth-order valence-electron chi connectivity index (χ4n) is 2.29. The summed E-state index contributed by atoms with van der Waals surface area (Å²) in [5.74, 6) is 1.74. The molecule has 0 saturated carbocycles. The highest BCUT2D eigenvalue weighted by Gasteiger charge is 2.20. The minimum atomic E-state index is 0.695. The van der Waals surface area contributed by atoms with E-state index < -0.39 is 0 Å². The SMILES string of the molecule is CNc1cc(OCCC2CCCN2C)ccn1. The molecule has 1 aromatic heterocycles. The second kappa shape index (κ2) is 5.87. The van der Waals surface area contributed by atoms with Gasteiger partial charge in [-0.05, 0) is 38.9 Å². The molecule has 1 aliphatic heterocycles. The lowest BCUT2D eigenvalue weighted by molar-refractivity contribution is 0.233. The Morgan fingerprint density at radius 2 is 2.47 bits per heavy atom. The number of hydrogen-bond donors (Lipinski definition) is 1. The van der Waals surface area contributed by atoms with Gasteiger partial charge in [0, 0.05) is 25.4 Å². The first-order chi connectivity index (χ1) is 8.29. The second-order valence-corrected chi connectivity index (χ2v) is 4.54. The lowest BCUT2D eigenvalue weighted by Gasteiger charge is -2.19. The predicted molar refractivity (Wildman–Crippen MR) is 69.5 cm³/mol. The minimum absolute atomic E-state index is 0.695. The molecule has 1 saturated heterocycles. The fourth-order valence-corrected chi connectivity index (χ4v) is 2.29. The number of pyridine rings is 1. The molecular formula is C13H21N3O. The summed E-state index contributed by atoms with van der Waals surface area (Å²) in [5.41, 5.74) is 0. The maximum Gasteiger partial charge on any atom is 0.129 e. The Morgan fingerprint density at radius 3 is 3.18 bits per heavy atom. The molecular weight excluding hydrogens is 214 g/mol. The molecule has 2 heterocycles. The van der Waals surface area contributed by atoms with Gasteiger partial charge in [-0.15, -0.1) is 0 Å². The summed E-state index contributed by atoms with van der Waals surface area (Å²) in [5, 5.41) is 3.01. The Kier molecular flexibility index (Phi) is 4.20. The first kappa shape index (κ1) is 12.2. The number of rotatable bonds is 5. The summed E-state index contributed by atoms with van der Waals surface area (Å²) in [6.07, 6.45) is 5.49. The van der Waals surface area contributed by atoms with Crippen LogP contribution in [0.1, 0.15) is 19.3 Å². The third-order valence-corrected chi connectivity index (χ3v) is 3.38. The van der Waals surface area contributed by atoms with Crippen molar-refractivity contribution < 1.29 is 4.74 Å². The van der Waals surface area contributed by atoms with Gasteiger partial charge in [-0.1, -0.05) is 0 Å².